The summed E-state index contributed by atoms with van der Waals surface area (Å²) in [5, 5.41) is 10.3. The van der Waals surface area contributed by atoms with Gasteiger partial charge in [-0.2, -0.15) is 4.31 Å². The van der Waals surface area contributed by atoms with Gasteiger partial charge in [0.15, 0.2) is 11.5 Å². The fraction of sp³-hybridized carbons (Fsp3) is 0.316. The standard InChI is InChI=1S/C19H19ClN4O6S2/c1-28-13-6-5-11(10-14(13)29-2)18-22-23-19(30-18)21-17(25)12-4-3-9-24(12)32(26,27)16-8-7-15(20)31-16/h5-8,10,12H,3-4,9H2,1-2H3,(H,21,23,25)/t12-/m1/s1. The van der Waals surface area contributed by atoms with E-state index in [0.29, 0.717) is 34.2 Å². The molecule has 3 aromatic rings. The van der Waals surface area contributed by atoms with Crippen molar-refractivity contribution in [3.8, 4) is 23.0 Å². The van der Waals surface area contributed by atoms with Crippen LogP contribution >= 0.6 is 22.9 Å². The molecule has 2 aromatic heterocycles. The highest BCUT2D eigenvalue weighted by molar-refractivity contribution is 7.91. The summed E-state index contributed by atoms with van der Waals surface area (Å²) in [7, 11) is -0.810. The van der Waals surface area contributed by atoms with E-state index in [1.165, 1.54) is 30.7 Å². The first-order valence-electron chi connectivity index (χ1n) is 9.47. The maximum absolute atomic E-state index is 12.9. The van der Waals surface area contributed by atoms with E-state index in [0.717, 1.165) is 11.3 Å². The molecule has 1 aliphatic rings. The van der Waals surface area contributed by atoms with E-state index in [2.05, 4.69) is 15.5 Å². The molecule has 0 bridgehead atoms. The molecule has 0 unspecified atom stereocenters. The molecule has 3 heterocycles. The molecule has 10 nitrogen and oxygen atoms in total. The number of amides is 1. The van der Waals surface area contributed by atoms with Crippen LogP contribution in [-0.2, 0) is 14.8 Å². The molecular weight excluding hydrogens is 480 g/mol. The van der Waals surface area contributed by atoms with Gasteiger partial charge in [0, 0.05) is 12.1 Å². The first-order valence-corrected chi connectivity index (χ1v) is 12.1. The number of thiophene rings is 1. The number of carbonyl (C=O) groups is 1. The number of anilines is 1. The molecule has 32 heavy (non-hydrogen) atoms. The maximum Gasteiger partial charge on any atom is 0.322 e. The van der Waals surface area contributed by atoms with Crippen molar-refractivity contribution < 1.29 is 27.1 Å². The predicted octanol–water partition coefficient (Wildman–Crippen LogP) is 3.26. The highest BCUT2D eigenvalue weighted by atomic mass is 35.5. The number of methoxy groups -OCH3 is 2. The lowest BCUT2D eigenvalue weighted by atomic mass is 10.2. The van der Waals surface area contributed by atoms with Crippen LogP contribution in [0.2, 0.25) is 4.34 Å². The van der Waals surface area contributed by atoms with Crippen LogP contribution in [0.25, 0.3) is 11.5 Å². The molecule has 4 rings (SSSR count). The normalized spacial score (nSPS) is 16.8. The van der Waals surface area contributed by atoms with Crippen molar-refractivity contribution in [2.24, 2.45) is 0 Å². The van der Waals surface area contributed by atoms with Crippen molar-refractivity contribution in [1.82, 2.24) is 14.5 Å². The van der Waals surface area contributed by atoms with E-state index in [1.807, 2.05) is 0 Å². The third-order valence-corrected chi connectivity index (χ3v) is 8.51. The quantitative estimate of drug-likeness (QED) is 0.526. The molecule has 1 amide bonds. The molecule has 13 heteroatoms. The zero-order valence-corrected chi connectivity index (χ0v) is 19.5. The van der Waals surface area contributed by atoms with Crippen molar-refractivity contribution >= 4 is 44.9 Å². The second kappa shape index (κ2) is 9.06. The lowest BCUT2D eigenvalue weighted by Gasteiger charge is -2.21. The number of sulfonamides is 1. The molecule has 1 atom stereocenters. The summed E-state index contributed by atoms with van der Waals surface area (Å²) in [6.45, 7) is 0.233. The van der Waals surface area contributed by atoms with Crippen LogP contribution in [0.4, 0.5) is 6.01 Å². The van der Waals surface area contributed by atoms with Crippen LogP contribution in [0.3, 0.4) is 0 Å². The van der Waals surface area contributed by atoms with Gasteiger partial charge < -0.3 is 13.9 Å². The third-order valence-electron chi connectivity index (χ3n) is 4.90. The fourth-order valence-corrected chi connectivity index (χ4v) is 6.66. The Balaban J connectivity index is 1.50. The third kappa shape index (κ3) is 4.31. The number of carbonyl (C=O) groups excluding carboxylic acids is 1. The summed E-state index contributed by atoms with van der Waals surface area (Å²) in [6.07, 6.45) is 0.929. The SMILES string of the molecule is COc1ccc(-c2nnc(NC(=O)[C@H]3CCCN3S(=O)(=O)c3ccc(Cl)s3)o2)cc1OC. The van der Waals surface area contributed by atoms with Crippen molar-refractivity contribution in [3.63, 3.8) is 0 Å². The van der Waals surface area contributed by atoms with Crippen molar-refractivity contribution in [1.29, 1.82) is 0 Å². The average molecular weight is 499 g/mol. The van der Waals surface area contributed by atoms with Gasteiger partial charge in [0.25, 0.3) is 10.0 Å². The van der Waals surface area contributed by atoms with Gasteiger partial charge in [-0.15, -0.1) is 16.4 Å². The lowest BCUT2D eigenvalue weighted by molar-refractivity contribution is -0.119. The Labute approximate surface area is 193 Å². The number of ether oxygens (including phenoxy) is 2. The molecule has 0 saturated carbocycles. The largest absolute Gasteiger partial charge is 0.493 e. The molecule has 0 radical (unpaired) electrons. The Morgan fingerprint density at radius 2 is 2.00 bits per heavy atom. The predicted molar refractivity (Wildman–Crippen MR) is 118 cm³/mol. The second-order valence-electron chi connectivity index (χ2n) is 6.80. The molecule has 1 saturated heterocycles. The summed E-state index contributed by atoms with van der Waals surface area (Å²) < 4.78 is 43.5. The molecular formula is C19H19ClN4O6S2. The van der Waals surface area contributed by atoms with Gasteiger partial charge >= 0.3 is 6.01 Å². The van der Waals surface area contributed by atoms with Gasteiger partial charge in [-0.1, -0.05) is 16.7 Å². The number of nitrogens with zero attached hydrogens (tertiary/aromatic N) is 3. The Bertz CT molecular complexity index is 1240. The van der Waals surface area contributed by atoms with E-state index >= 15 is 0 Å². The fourth-order valence-electron chi connectivity index (χ4n) is 3.39. The van der Waals surface area contributed by atoms with Gasteiger partial charge in [0.1, 0.15) is 10.3 Å². The van der Waals surface area contributed by atoms with Crippen LogP contribution in [0, 0.1) is 0 Å². The van der Waals surface area contributed by atoms with Crippen LogP contribution < -0.4 is 14.8 Å². The van der Waals surface area contributed by atoms with Gasteiger partial charge in [-0.25, -0.2) is 8.42 Å². The minimum absolute atomic E-state index is 0.0933. The van der Waals surface area contributed by atoms with E-state index in [4.69, 9.17) is 25.5 Å². The zero-order valence-electron chi connectivity index (χ0n) is 17.1. The number of rotatable bonds is 7. The first-order chi connectivity index (χ1) is 15.3. The summed E-state index contributed by atoms with van der Waals surface area (Å²) in [4.78, 5) is 12.8. The number of hydrogen-bond acceptors (Lipinski definition) is 9. The Hall–Kier alpha value is -2.67. The molecule has 170 valence electrons. The Morgan fingerprint density at radius 3 is 2.69 bits per heavy atom. The van der Waals surface area contributed by atoms with Crippen LogP contribution in [0.1, 0.15) is 12.8 Å². The smallest absolute Gasteiger partial charge is 0.322 e. The maximum atomic E-state index is 12.9. The molecule has 0 aliphatic carbocycles. The van der Waals surface area contributed by atoms with Gasteiger partial charge in [-0.05, 0) is 43.2 Å². The average Bonchev–Trinajstić information content (AvgIpc) is 3.54. The summed E-state index contributed by atoms with van der Waals surface area (Å²) in [5.74, 6) is 0.634. The number of halogens is 1. The summed E-state index contributed by atoms with van der Waals surface area (Å²) in [6, 6.07) is 6.98. The minimum Gasteiger partial charge on any atom is -0.493 e. The summed E-state index contributed by atoms with van der Waals surface area (Å²) >= 11 is 6.83. The highest BCUT2D eigenvalue weighted by Crippen LogP contribution is 2.34. The van der Waals surface area contributed by atoms with Crippen LogP contribution in [-0.4, -0.2) is 55.6 Å². The van der Waals surface area contributed by atoms with Crippen molar-refractivity contribution in [2.45, 2.75) is 23.1 Å². The van der Waals surface area contributed by atoms with Gasteiger partial charge in [0.05, 0.1) is 18.6 Å². The molecule has 1 aromatic carbocycles. The minimum atomic E-state index is -3.84. The molecule has 1 aliphatic heterocycles. The number of benzene rings is 1. The summed E-state index contributed by atoms with van der Waals surface area (Å²) in [5.41, 5.74) is 0.565. The van der Waals surface area contributed by atoms with E-state index in [1.54, 1.807) is 18.2 Å². The topological polar surface area (TPSA) is 124 Å². The number of hydrogen-bond donors (Lipinski definition) is 1. The van der Waals surface area contributed by atoms with Crippen molar-refractivity contribution in [2.75, 3.05) is 26.1 Å². The van der Waals surface area contributed by atoms with E-state index in [9.17, 15) is 13.2 Å². The van der Waals surface area contributed by atoms with Crippen LogP contribution in [0.15, 0.2) is 39.0 Å². The second-order valence-corrected chi connectivity index (χ2v) is 10.6. The molecule has 0 spiro atoms. The van der Waals surface area contributed by atoms with E-state index < -0.39 is 22.0 Å². The van der Waals surface area contributed by atoms with Gasteiger partial charge in [0.2, 0.25) is 11.8 Å². The van der Waals surface area contributed by atoms with Crippen LogP contribution in [0.5, 0.6) is 11.5 Å². The van der Waals surface area contributed by atoms with E-state index in [-0.39, 0.29) is 22.7 Å². The van der Waals surface area contributed by atoms with Gasteiger partial charge in [-0.3, -0.25) is 10.1 Å². The Kier molecular flexibility index (Phi) is 6.38. The van der Waals surface area contributed by atoms with Crippen molar-refractivity contribution in [3.05, 3.63) is 34.7 Å². The molecule has 1 fully saturated rings. The lowest BCUT2D eigenvalue weighted by Crippen LogP contribution is -2.42. The zero-order chi connectivity index (χ0) is 22.9. The number of aromatic nitrogens is 2. The Morgan fingerprint density at radius 1 is 1.22 bits per heavy atom. The highest BCUT2D eigenvalue weighted by Gasteiger charge is 2.40. The molecule has 1 N–H and O–H groups in total. The number of nitrogens with one attached hydrogen (secondary N) is 1. The monoisotopic (exact) mass is 498 g/mol. The first kappa shape index (κ1) is 22.5.